The number of nitrogens with zero attached hydrogens (tertiary/aromatic N) is 2. The monoisotopic (exact) mass is 264 g/mol. The Hall–Kier alpha value is -1.36. The third-order valence-electron chi connectivity index (χ3n) is 3.79. The second-order valence-electron chi connectivity index (χ2n) is 5.78. The zero-order chi connectivity index (χ0) is 13.9. The summed E-state index contributed by atoms with van der Waals surface area (Å²) in [5, 5.41) is 6.84. The Kier molecular flexibility index (Phi) is 4.24. The highest BCUT2D eigenvalue weighted by Crippen LogP contribution is 2.25. The van der Waals surface area contributed by atoms with Crippen LogP contribution in [-0.2, 0) is 13.0 Å². The van der Waals surface area contributed by atoms with Crippen molar-refractivity contribution in [2.45, 2.75) is 40.2 Å². The molecule has 106 valence electrons. The summed E-state index contributed by atoms with van der Waals surface area (Å²) in [6.45, 7) is 9.41. The lowest BCUT2D eigenvalue weighted by atomic mass is 9.90. The third-order valence-corrected chi connectivity index (χ3v) is 3.79. The molecule has 0 amide bonds. The maximum atomic E-state index is 5.20. The molecule has 0 aromatic carbocycles. The summed E-state index contributed by atoms with van der Waals surface area (Å²) < 4.78 is 5.20. The van der Waals surface area contributed by atoms with E-state index < -0.39 is 0 Å². The van der Waals surface area contributed by atoms with Gasteiger partial charge in [0.25, 0.3) is 0 Å². The first-order valence-electron chi connectivity index (χ1n) is 6.94. The van der Waals surface area contributed by atoms with E-state index in [2.05, 4.69) is 41.4 Å². The second-order valence-corrected chi connectivity index (χ2v) is 5.78. The summed E-state index contributed by atoms with van der Waals surface area (Å²) in [7, 11) is 1.61. The molecule has 1 aliphatic heterocycles. The minimum Gasteiger partial charge on any atom is -0.467 e. The van der Waals surface area contributed by atoms with E-state index in [1.165, 1.54) is 5.56 Å². The SMILES string of the molecule is CCC(C)(C)CNc1nc(OC)nc2c1CNCC2. The molecule has 0 radical (unpaired) electrons. The minimum atomic E-state index is 0.257. The number of aromatic nitrogens is 2. The van der Waals surface area contributed by atoms with Crippen LogP contribution in [0.3, 0.4) is 0 Å². The van der Waals surface area contributed by atoms with Gasteiger partial charge in [-0.05, 0) is 11.8 Å². The van der Waals surface area contributed by atoms with Gasteiger partial charge in [0.05, 0.1) is 12.8 Å². The molecule has 0 saturated heterocycles. The molecule has 0 fully saturated rings. The number of hydrogen-bond acceptors (Lipinski definition) is 5. The van der Waals surface area contributed by atoms with E-state index in [-0.39, 0.29) is 5.41 Å². The van der Waals surface area contributed by atoms with Crippen LogP contribution in [0.2, 0.25) is 0 Å². The summed E-state index contributed by atoms with van der Waals surface area (Å²) >= 11 is 0. The summed E-state index contributed by atoms with van der Waals surface area (Å²) in [6.07, 6.45) is 2.06. The first-order chi connectivity index (χ1) is 9.05. The van der Waals surface area contributed by atoms with Crippen LogP contribution in [-0.4, -0.2) is 30.2 Å². The summed E-state index contributed by atoms with van der Waals surface area (Å²) in [6, 6.07) is 0.456. The number of anilines is 1. The Bertz CT molecular complexity index is 445. The quantitative estimate of drug-likeness (QED) is 0.851. The van der Waals surface area contributed by atoms with E-state index in [9.17, 15) is 0 Å². The smallest absolute Gasteiger partial charge is 0.318 e. The molecule has 0 atom stereocenters. The van der Waals surface area contributed by atoms with E-state index in [4.69, 9.17) is 4.74 Å². The molecule has 1 aromatic heterocycles. The molecular formula is C14H24N4O. The van der Waals surface area contributed by atoms with Crippen LogP contribution in [0.4, 0.5) is 5.82 Å². The fraction of sp³-hybridized carbons (Fsp3) is 0.714. The third kappa shape index (κ3) is 3.35. The summed E-state index contributed by atoms with van der Waals surface area (Å²) in [5.41, 5.74) is 2.54. The Labute approximate surface area is 115 Å². The largest absolute Gasteiger partial charge is 0.467 e. The van der Waals surface area contributed by atoms with Crippen LogP contribution < -0.4 is 15.4 Å². The van der Waals surface area contributed by atoms with Crippen molar-refractivity contribution in [1.82, 2.24) is 15.3 Å². The van der Waals surface area contributed by atoms with E-state index in [1.807, 2.05) is 0 Å². The lowest BCUT2D eigenvalue weighted by Crippen LogP contribution is -2.28. The van der Waals surface area contributed by atoms with Crippen LogP contribution in [0.1, 0.15) is 38.4 Å². The van der Waals surface area contributed by atoms with Crippen molar-refractivity contribution in [3.8, 4) is 6.01 Å². The van der Waals surface area contributed by atoms with Crippen molar-refractivity contribution in [3.63, 3.8) is 0 Å². The molecule has 5 heteroatoms. The molecule has 2 heterocycles. The van der Waals surface area contributed by atoms with Gasteiger partial charge in [0.15, 0.2) is 0 Å². The zero-order valence-corrected chi connectivity index (χ0v) is 12.3. The number of methoxy groups -OCH3 is 1. The lowest BCUT2D eigenvalue weighted by Gasteiger charge is -2.25. The van der Waals surface area contributed by atoms with Crippen LogP contribution >= 0.6 is 0 Å². The normalized spacial score (nSPS) is 14.9. The number of fused-ring (bicyclic) bond motifs is 1. The van der Waals surface area contributed by atoms with Crippen LogP contribution in [0.25, 0.3) is 0 Å². The Balaban J connectivity index is 2.23. The molecule has 1 aromatic rings. The molecule has 1 aliphatic rings. The van der Waals surface area contributed by atoms with Gasteiger partial charge in [0.2, 0.25) is 0 Å². The average molecular weight is 264 g/mol. The maximum Gasteiger partial charge on any atom is 0.318 e. The van der Waals surface area contributed by atoms with E-state index in [0.717, 1.165) is 44.0 Å². The maximum absolute atomic E-state index is 5.20. The molecule has 19 heavy (non-hydrogen) atoms. The Morgan fingerprint density at radius 3 is 2.84 bits per heavy atom. The summed E-state index contributed by atoms with van der Waals surface area (Å²) in [5.74, 6) is 0.913. The van der Waals surface area contributed by atoms with E-state index >= 15 is 0 Å². The molecule has 0 saturated carbocycles. The van der Waals surface area contributed by atoms with Crippen molar-refractivity contribution in [2.24, 2.45) is 5.41 Å². The topological polar surface area (TPSA) is 59.1 Å². The van der Waals surface area contributed by atoms with Crippen molar-refractivity contribution in [2.75, 3.05) is 25.5 Å². The standard InChI is InChI=1S/C14H24N4O/c1-5-14(2,3)9-16-12-10-8-15-7-6-11(10)17-13(18-12)19-4/h15H,5-9H2,1-4H3,(H,16,17,18). The number of ether oxygens (including phenoxy) is 1. The molecule has 2 rings (SSSR count). The minimum absolute atomic E-state index is 0.257. The molecule has 0 aliphatic carbocycles. The Morgan fingerprint density at radius 2 is 2.16 bits per heavy atom. The summed E-state index contributed by atoms with van der Waals surface area (Å²) in [4.78, 5) is 8.90. The van der Waals surface area contributed by atoms with Gasteiger partial charge >= 0.3 is 6.01 Å². The van der Waals surface area contributed by atoms with Gasteiger partial charge in [0.1, 0.15) is 5.82 Å². The van der Waals surface area contributed by atoms with Crippen molar-refractivity contribution >= 4 is 5.82 Å². The average Bonchev–Trinajstić information content (AvgIpc) is 2.44. The van der Waals surface area contributed by atoms with Crippen molar-refractivity contribution in [3.05, 3.63) is 11.3 Å². The van der Waals surface area contributed by atoms with Gasteiger partial charge in [-0.25, -0.2) is 0 Å². The molecule has 0 bridgehead atoms. The Morgan fingerprint density at radius 1 is 1.37 bits per heavy atom. The highest BCUT2D eigenvalue weighted by Gasteiger charge is 2.20. The number of nitrogens with one attached hydrogen (secondary N) is 2. The molecule has 5 nitrogen and oxygen atoms in total. The van der Waals surface area contributed by atoms with Crippen LogP contribution in [0.15, 0.2) is 0 Å². The van der Waals surface area contributed by atoms with Crippen LogP contribution in [0, 0.1) is 5.41 Å². The van der Waals surface area contributed by atoms with Crippen LogP contribution in [0.5, 0.6) is 6.01 Å². The molecule has 0 spiro atoms. The van der Waals surface area contributed by atoms with Crippen molar-refractivity contribution in [1.29, 1.82) is 0 Å². The number of hydrogen-bond donors (Lipinski definition) is 2. The first-order valence-corrected chi connectivity index (χ1v) is 6.94. The predicted molar refractivity (Wildman–Crippen MR) is 76.6 cm³/mol. The van der Waals surface area contributed by atoms with E-state index in [0.29, 0.717) is 6.01 Å². The molecule has 2 N–H and O–H groups in total. The highest BCUT2D eigenvalue weighted by atomic mass is 16.5. The van der Waals surface area contributed by atoms with Gasteiger partial charge in [-0.1, -0.05) is 20.8 Å². The molecular weight excluding hydrogens is 240 g/mol. The number of rotatable bonds is 5. The fourth-order valence-corrected chi connectivity index (χ4v) is 2.01. The van der Waals surface area contributed by atoms with Gasteiger partial charge in [0, 0.05) is 31.6 Å². The lowest BCUT2D eigenvalue weighted by molar-refractivity contribution is 0.369. The zero-order valence-electron chi connectivity index (χ0n) is 12.3. The van der Waals surface area contributed by atoms with Crippen molar-refractivity contribution < 1.29 is 4.74 Å². The van der Waals surface area contributed by atoms with E-state index in [1.54, 1.807) is 7.11 Å². The second kappa shape index (κ2) is 5.74. The van der Waals surface area contributed by atoms with Gasteiger partial charge in [-0.2, -0.15) is 9.97 Å². The highest BCUT2D eigenvalue weighted by molar-refractivity contribution is 5.48. The van der Waals surface area contributed by atoms with Gasteiger partial charge < -0.3 is 15.4 Å². The van der Waals surface area contributed by atoms with Gasteiger partial charge in [-0.15, -0.1) is 0 Å². The first kappa shape index (κ1) is 14.1. The molecule has 0 unspecified atom stereocenters. The van der Waals surface area contributed by atoms with Gasteiger partial charge in [-0.3, -0.25) is 0 Å². The predicted octanol–water partition coefficient (Wildman–Crippen LogP) is 1.98. The fourth-order valence-electron chi connectivity index (χ4n) is 2.01.